The molecule has 1 aromatic carbocycles. The molecule has 2 aromatic heterocycles. The van der Waals surface area contributed by atoms with Gasteiger partial charge in [-0.1, -0.05) is 30.3 Å². The minimum absolute atomic E-state index is 0.0302. The average Bonchev–Trinajstić information content (AvgIpc) is 3.33. The van der Waals surface area contributed by atoms with Gasteiger partial charge in [-0.3, -0.25) is 4.79 Å². The van der Waals surface area contributed by atoms with Crippen molar-refractivity contribution in [3.63, 3.8) is 0 Å². The Labute approximate surface area is 157 Å². The molecule has 3 rings (SSSR count). The van der Waals surface area contributed by atoms with E-state index in [1.54, 1.807) is 6.26 Å². The Balaban J connectivity index is 1.33. The maximum absolute atomic E-state index is 12.0. The zero-order valence-corrected chi connectivity index (χ0v) is 15.5. The normalized spacial score (nSPS) is 12.0. The molecule has 0 spiro atoms. The van der Waals surface area contributed by atoms with E-state index in [0.29, 0.717) is 13.2 Å². The summed E-state index contributed by atoms with van der Waals surface area (Å²) in [5.41, 5.74) is 1.92. The summed E-state index contributed by atoms with van der Waals surface area (Å²) in [6.45, 7) is 3.23. The van der Waals surface area contributed by atoms with Gasteiger partial charge in [-0.05, 0) is 31.0 Å². The van der Waals surface area contributed by atoms with Crippen molar-refractivity contribution in [2.75, 3.05) is 13.2 Å². The molecule has 0 fully saturated rings. The van der Waals surface area contributed by atoms with Gasteiger partial charge in [0.2, 0.25) is 5.91 Å². The van der Waals surface area contributed by atoms with Crippen LogP contribution in [0.1, 0.15) is 30.7 Å². The van der Waals surface area contributed by atoms with Gasteiger partial charge in [0.1, 0.15) is 0 Å². The molecule has 2 heterocycles. The zero-order chi connectivity index (χ0) is 18.2. The zero-order valence-electron chi connectivity index (χ0n) is 14.7. The molecule has 1 amide bonds. The highest BCUT2D eigenvalue weighted by molar-refractivity contribution is 7.13. The SMILES string of the molecule is CC(OCCCNC(=O)Cc1csc(-c2ccco2)n1)c1ccccc1. The van der Waals surface area contributed by atoms with Crippen molar-refractivity contribution in [3.8, 4) is 10.8 Å². The first kappa shape index (κ1) is 18.4. The van der Waals surface area contributed by atoms with Gasteiger partial charge in [0.05, 0.1) is 24.5 Å². The molecule has 136 valence electrons. The maximum atomic E-state index is 12.0. The second-order valence-corrected chi connectivity index (χ2v) is 6.78. The lowest BCUT2D eigenvalue weighted by Gasteiger charge is -2.13. The smallest absolute Gasteiger partial charge is 0.226 e. The molecular formula is C20H22N2O3S. The molecule has 1 N–H and O–H groups in total. The molecule has 6 heteroatoms. The number of rotatable bonds is 9. The Morgan fingerprint density at radius 2 is 2.12 bits per heavy atom. The van der Waals surface area contributed by atoms with Gasteiger partial charge in [-0.25, -0.2) is 4.98 Å². The third kappa shape index (κ3) is 5.28. The van der Waals surface area contributed by atoms with Gasteiger partial charge in [-0.15, -0.1) is 11.3 Å². The molecule has 0 saturated carbocycles. The lowest BCUT2D eigenvalue weighted by molar-refractivity contribution is -0.120. The van der Waals surface area contributed by atoms with Gasteiger partial charge < -0.3 is 14.5 Å². The largest absolute Gasteiger partial charge is 0.462 e. The highest BCUT2D eigenvalue weighted by atomic mass is 32.1. The summed E-state index contributed by atoms with van der Waals surface area (Å²) in [4.78, 5) is 16.4. The van der Waals surface area contributed by atoms with E-state index in [4.69, 9.17) is 9.15 Å². The van der Waals surface area contributed by atoms with Crippen LogP contribution in [0.3, 0.4) is 0 Å². The van der Waals surface area contributed by atoms with E-state index in [1.165, 1.54) is 11.3 Å². The second kappa shape index (κ2) is 9.31. The Kier molecular flexibility index (Phi) is 6.57. The molecule has 0 radical (unpaired) electrons. The molecule has 0 aliphatic carbocycles. The van der Waals surface area contributed by atoms with E-state index >= 15 is 0 Å². The molecule has 5 nitrogen and oxygen atoms in total. The summed E-state index contributed by atoms with van der Waals surface area (Å²) in [5.74, 6) is 0.698. The van der Waals surface area contributed by atoms with Crippen molar-refractivity contribution >= 4 is 17.2 Å². The topological polar surface area (TPSA) is 64.4 Å². The number of hydrogen-bond donors (Lipinski definition) is 1. The fourth-order valence-electron chi connectivity index (χ4n) is 2.51. The highest BCUT2D eigenvalue weighted by Gasteiger charge is 2.10. The van der Waals surface area contributed by atoms with E-state index in [-0.39, 0.29) is 18.4 Å². The van der Waals surface area contributed by atoms with Crippen molar-refractivity contribution < 1.29 is 13.9 Å². The van der Waals surface area contributed by atoms with Crippen molar-refractivity contribution in [1.82, 2.24) is 10.3 Å². The Morgan fingerprint density at radius 1 is 1.27 bits per heavy atom. The summed E-state index contributed by atoms with van der Waals surface area (Å²) in [6.07, 6.45) is 2.72. The lowest BCUT2D eigenvalue weighted by Crippen LogP contribution is -2.27. The van der Waals surface area contributed by atoms with Gasteiger partial charge in [0, 0.05) is 18.5 Å². The van der Waals surface area contributed by atoms with Crippen molar-refractivity contribution in [2.24, 2.45) is 0 Å². The number of carbonyl (C=O) groups is 1. The summed E-state index contributed by atoms with van der Waals surface area (Å²) in [5, 5.41) is 5.59. The number of thiazole rings is 1. The van der Waals surface area contributed by atoms with Crippen LogP contribution in [0.25, 0.3) is 10.8 Å². The van der Waals surface area contributed by atoms with Crippen molar-refractivity contribution in [1.29, 1.82) is 0 Å². The Morgan fingerprint density at radius 3 is 2.88 bits per heavy atom. The molecule has 3 aromatic rings. The number of hydrogen-bond acceptors (Lipinski definition) is 5. The quantitative estimate of drug-likeness (QED) is 0.573. The van der Waals surface area contributed by atoms with E-state index in [0.717, 1.165) is 28.4 Å². The van der Waals surface area contributed by atoms with Crippen LogP contribution >= 0.6 is 11.3 Å². The van der Waals surface area contributed by atoms with E-state index in [9.17, 15) is 4.79 Å². The van der Waals surface area contributed by atoms with Gasteiger partial charge >= 0.3 is 0 Å². The first-order valence-corrected chi connectivity index (χ1v) is 9.52. The van der Waals surface area contributed by atoms with Crippen LogP contribution in [-0.4, -0.2) is 24.0 Å². The van der Waals surface area contributed by atoms with E-state index in [1.807, 2.05) is 42.6 Å². The number of carbonyl (C=O) groups excluding carboxylic acids is 1. The summed E-state index contributed by atoms with van der Waals surface area (Å²) < 4.78 is 11.1. The number of nitrogens with one attached hydrogen (secondary N) is 1. The van der Waals surface area contributed by atoms with Gasteiger partial charge in [0.25, 0.3) is 0 Å². The van der Waals surface area contributed by atoms with Crippen LogP contribution in [0, 0.1) is 0 Å². The Bertz CT molecular complexity index is 800. The molecular weight excluding hydrogens is 348 g/mol. The molecule has 0 saturated heterocycles. The molecule has 1 atom stereocenters. The summed E-state index contributed by atoms with van der Waals surface area (Å²) in [7, 11) is 0. The molecule has 0 bridgehead atoms. The molecule has 0 aliphatic rings. The van der Waals surface area contributed by atoms with Crippen LogP contribution in [0.15, 0.2) is 58.5 Å². The predicted octanol–water partition coefficient (Wildman–Crippen LogP) is 4.23. The lowest BCUT2D eigenvalue weighted by atomic mass is 10.1. The number of nitrogens with zero attached hydrogens (tertiary/aromatic N) is 1. The first-order valence-electron chi connectivity index (χ1n) is 8.64. The van der Waals surface area contributed by atoms with Crippen molar-refractivity contribution in [2.45, 2.75) is 25.9 Å². The maximum Gasteiger partial charge on any atom is 0.226 e. The van der Waals surface area contributed by atoms with Crippen LogP contribution < -0.4 is 5.32 Å². The van der Waals surface area contributed by atoms with Gasteiger partial charge in [-0.2, -0.15) is 0 Å². The number of ether oxygens (including phenoxy) is 1. The summed E-state index contributed by atoms with van der Waals surface area (Å²) >= 11 is 1.48. The van der Waals surface area contributed by atoms with Crippen LogP contribution in [0.5, 0.6) is 0 Å². The monoisotopic (exact) mass is 370 g/mol. The first-order chi connectivity index (χ1) is 12.7. The third-order valence-electron chi connectivity index (χ3n) is 3.91. The summed E-state index contributed by atoms with van der Waals surface area (Å²) in [6, 6.07) is 13.8. The number of amides is 1. The minimum Gasteiger partial charge on any atom is -0.462 e. The van der Waals surface area contributed by atoms with E-state index in [2.05, 4.69) is 22.4 Å². The standard InChI is InChI=1S/C20H22N2O3S/c1-15(16-7-3-2-4-8-16)24-12-6-10-21-19(23)13-17-14-26-20(22-17)18-9-5-11-25-18/h2-5,7-9,11,14-15H,6,10,12-13H2,1H3,(H,21,23). The van der Waals surface area contributed by atoms with E-state index < -0.39 is 0 Å². The number of aromatic nitrogens is 1. The second-order valence-electron chi connectivity index (χ2n) is 5.93. The average molecular weight is 370 g/mol. The Hall–Kier alpha value is -2.44. The molecule has 1 unspecified atom stereocenters. The fraction of sp³-hybridized carbons (Fsp3) is 0.300. The highest BCUT2D eigenvalue weighted by Crippen LogP contribution is 2.24. The van der Waals surface area contributed by atoms with Crippen LogP contribution in [0.4, 0.5) is 0 Å². The van der Waals surface area contributed by atoms with Crippen molar-refractivity contribution in [3.05, 3.63) is 65.4 Å². The third-order valence-corrected chi connectivity index (χ3v) is 4.81. The predicted molar refractivity (Wildman–Crippen MR) is 102 cm³/mol. The van der Waals surface area contributed by atoms with Crippen LogP contribution in [0.2, 0.25) is 0 Å². The number of furan rings is 1. The van der Waals surface area contributed by atoms with Crippen LogP contribution in [-0.2, 0) is 16.0 Å². The fourth-order valence-corrected chi connectivity index (χ4v) is 3.29. The minimum atomic E-state index is -0.0302. The molecule has 0 aliphatic heterocycles. The number of benzene rings is 1. The molecule has 26 heavy (non-hydrogen) atoms. The van der Waals surface area contributed by atoms with Gasteiger partial charge in [0.15, 0.2) is 10.8 Å².